The van der Waals surface area contributed by atoms with Crippen LogP contribution in [0.5, 0.6) is 0 Å². The van der Waals surface area contributed by atoms with Gasteiger partial charge < -0.3 is 29.9 Å². The first-order valence-electron chi connectivity index (χ1n) is 14.6. The van der Waals surface area contributed by atoms with Gasteiger partial charge in [-0.25, -0.2) is 19.6 Å². The number of carbonyl (C=O) groups excluding carboxylic acids is 2. The van der Waals surface area contributed by atoms with Crippen LogP contribution in [0.2, 0.25) is 0 Å². The van der Waals surface area contributed by atoms with Crippen LogP contribution in [0.1, 0.15) is 29.8 Å². The molecule has 3 N–H and O–H groups in total. The number of aliphatic carboxylic acids is 1. The van der Waals surface area contributed by atoms with E-state index in [0.717, 1.165) is 65.3 Å². The lowest BCUT2D eigenvalue weighted by molar-refractivity contribution is -0.192. The van der Waals surface area contributed by atoms with Crippen LogP contribution in [0.3, 0.4) is 0 Å². The summed E-state index contributed by atoms with van der Waals surface area (Å²) in [5, 5.41) is 10.8. The second-order valence-electron chi connectivity index (χ2n) is 11.2. The van der Waals surface area contributed by atoms with Crippen LogP contribution >= 0.6 is 0 Å². The van der Waals surface area contributed by atoms with Crippen molar-refractivity contribution in [3.05, 3.63) is 72.6 Å². The standard InChI is InChI=1S/C31H34N6O3.C2HF3O2/c1-6-27(38)34-25-16-21(8-7-20(25)4)28-24-15-23(31(39)40-19(2)3)18-33-30(24)35-29(28)22-9-10-32-26(17-22)37-13-11-36(5)12-14-37;3-2(4,5)1(6)7/h6-10,15-19H,1,11-14H2,2-5H3,(H,33,35)(H,34,38);(H,6,7). The van der Waals surface area contributed by atoms with Gasteiger partial charge in [-0.3, -0.25) is 4.79 Å². The first-order valence-corrected chi connectivity index (χ1v) is 14.6. The fraction of sp³-hybridized carbons (Fsp3) is 0.303. The van der Waals surface area contributed by atoms with Gasteiger partial charge in [0.1, 0.15) is 11.5 Å². The molecule has 1 aromatic carbocycles. The number of ether oxygens (including phenoxy) is 1. The molecule has 5 rings (SSSR count). The van der Waals surface area contributed by atoms with Crippen molar-refractivity contribution in [3.63, 3.8) is 0 Å². The molecule has 0 unspecified atom stereocenters. The molecule has 1 aliphatic rings. The van der Waals surface area contributed by atoms with Crippen molar-refractivity contribution in [1.29, 1.82) is 0 Å². The highest BCUT2D eigenvalue weighted by Crippen LogP contribution is 2.40. The summed E-state index contributed by atoms with van der Waals surface area (Å²) in [5.74, 6) is -2.56. The van der Waals surface area contributed by atoms with E-state index in [9.17, 15) is 22.8 Å². The van der Waals surface area contributed by atoms with Gasteiger partial charge in [-0.1, -0.05) is 18.7 Å². The van der Waals surface area contributed by atoms with E-state index in [1.165, 1.54) is 12.3 Å². The Labute approximate surface area is 269 Å². The second-order valence-corrected chi connectivity index (χ2v) is 11.2. The summed E-state index contributed by atoms with van der Waals surface area (Å²) >= 11 is 0. The van der Waals surface area contributed by atoms with Crippen LogP contribution in [0.4, 0.5) is 24.7 Å². The molecule has 0 radical (unpaired) electrons. The zero-order valence-corrected chi connectivity index (χ0v) is 26.3. The number of nitrogens with one attached hydrogen (secondary N) is 2. The minimum absolute atomic E-state index is 0.248. The number of fused-ring (bicyclic) bond motifs is 1. The van der Waals surface area contributed by atoms with Crippen molar-refractivity contribution in [1.82, 2.24) is 19.9 Å². The van der Waals surface area contributed by atoms with Gasteiger partial charge in [0, 0.05) is 60.8 Å². The number of benzene rings is 1. The third-order valence-corrected chi connectivity index (χ3v) is 7.30. The van der Waals surface area contributed by atoms with Crippen molar-refractivity contribution < 1.29 is 37.4 Å². The number of anilines is 2. The molecule has 0 aliphatic carbocycles. The fourth-order valence-corrected chi connectivity index (χ4v) is 4.86. The molecule has 0 spiro atoms. The Kier molecular flexibility index (Phi) is 10.7. The molecule has 1 aliphatic heterocycles. The molecule has 0 bridgehead atoms. The Bertz CT molecular complexity index is 1800. The highest BCUT2D eigenvalue weighted by atomic mass is 19.4. The number of carboxylic acid groups (broad SMARTS) is 1. The number of hydrogen-bond acceptors (Lipinski definition) is 8. The summed E-state index contributed by atoms with van der Waals surface area (Å²) in [6.07, 6.45) is -0.731. The first kappa shape index (κ1) is 34.6. The van der Waals surface area contributed by atoms with Gasteiger partial charge in [0.2, 0.25) is 5.91 Å². The van der Waals surface area contributed by atoms with E-state index in [1.807, 2.05) is 57.3 Å². The van der Waals surface area contributed by atoms with E-state index in [2.05, 4.69) is 49.8 Å². The highest BCUT2D eigenvalue weighted by Gasteiger charge is 2.38. The molecule has 47 heavy (non-hydrogen) atoms. The summed E-state index contributed by atoms with van der Waals surface area (Å²) in [5.41, 5.74) is 6.13. The van der Waals surface area contributed by atoms with Gasteiger partial charge in [-0.2, -0.15) is 13.2 Å². The molecule has 0 atom stereocenters. The van der Waals surface area contributed by atoms with Crippen LogP contribution in [0, 0.1) is 6.92 Å². The minimum Gasteiger partial charge on any atom is -0.475 e. The maximum Gasteiger partial charge on any atom is 0.490 e. The number of halogens is 3. The molecular formula is C33H35F3N6O5. The fourth-order valence-electron chi connectivity index (χ4n) is 4.86. The number of aryl methyl sites for hydroxylation is 1. The molecular weight excluding hydrogens is 617 g/mol. The Balaban J connectivity index is 0.000000644. The molecule has 4 heterocycles. The number of aromatic amines is 1. The number of aromatic nitrogens is 3. The Morgan fingerprint density at radius 2 is 1.74 bits per heavy atom. The average molecular weight is 653 g/mol. The number of carbonyl (C=O) groups is 3. The van der Waals surface area contributed by atoms with Crippen LogP contribution in [0.25, 0.3) is 33.4 Å². The number of pyridine rings is 2. The molecule has 11 nitrogen and oxygen atoms in total. The quantitative estimate of drug-likeness (QED) is 0.170. The topological polar surface area (TPSA) is 141 Å². The van der Waals surface area contributed by atoms with E-state index < -0.39 is 18.1 Å². The number of H-pyrrole nitrogens is 1. The summed E-state index contributed by atoms with van der Waals surface area (Å²) in [6, 6.07) is 11.8. The third kappa shape index (κ3) is 8.52. The van der Waals surface area contributed by atoms with E-state index in [4.69, 9.17) is 14.6 Å². The number of amides is 1. The minimum atomic E-state index is -5.08. The van der Waals surface area contributed by atoms with Crippen molar-refractivity contribution in [2.45, 2.75) is 33.1 Å². The van der Waals surface area contributed by atoms with Gasteiger partial charge in [-0.15, -0.1) is 0 Å². The predicted octanol–water partition coefficient (Wildman–Crippen LogP) is 5.68. The molecule has 1 saturated heterocycles. The summed E-state index contributed by atoms with van der Waals surface area (Å²) in [7, 11) is 2.13. The Morgan fingerprint density at radius 3 is 2.36 bits per heavy atom. The summed E-state index contributed by atoms with van der Waals surface area (Å²) < 4.78 is 37.2. The van der Waals surface area contributed by atoms with Gasteiger partial charge >= 0.3 is 18.1 Å². The number of rotatable bonds is 7. The molecule has 3 aromatic heterocycles. The van der Waals surface area contributed by atoms with E-state index in [-0.39, 0.29) is 12.0 Å². The van der Waals surface area contributed by atoms with Crippen molar-refractivity contribution in [2.24, 2.45) is 0 Å². The van der Waals surface area contributed by atoms with Crippen LogP contribution in [-0.4, -0.2) is 88.3 Å². The Hall–Kier alpha value is -5.24. The molecule has 4 aromatic rings. The van der Waals surface area contributed by atoms with E-state index >= 15 is 0 Å². The lowest BCUT2D eigenvalue weighted by Crippen LogP contribution is -2.44. The van der Waals surface area contributed by atoms with Gasteiger partial charge in [0.25, 0.3) is 0 Å². The number of piperazine rings is 1. The maximum absolute atomic E-state index is 12.8. The van der Waals surface area contributed by atoms with Gasteiger partial charge in [0.05, 0.1) is 17.4 Å². The van der Waals surface area contributed by atoms with Crippen LogP contribution in [-0.2, 0) is 14.3 Å². The summed E-state index contributed by atoms with van der Waals surface area (Å²) in [6.45, 7) is 12.9. The molecule has 1 amide bonds. The summed E-state index contributed by atoms with van der Waals surface area (Å²) in [4.78, 5) is 51.1. The zero-order chi connectivity index (χ0) is 34.5. The van der Waals surface area contributed by atoms with Crippen molar-refractivity contribution in [3.8, 4) is 22.4 Å². The lowest BCUT2D eigenvalue weighted by Gasteiger charge is -2.33. The number of esters is 1. The van der Waals surface area contributed by atoms with E-state index in [1.54, 1.807) is 0 Å². The normalized spacial score (nSPS) is 13.6. The number of nitrogens with zero attached hydrogens (tertiary/aromatic N) is 4. The Morgan fingerprint density at radius 1 is 1.06 bits per heavy atom. The van der Waals surface area contributed by atoms with Crippen LogP contribution in [0.15, 0.2) is 61.4 Å². The zero-order valence-electron chi connectivity index (χ0n) is 26.3. The largest absolute Gasteiger partial charge is 0.490 e. The second kappa shape index (κ2) is 14.5. The third-order valence-electron chi connectivity index (χ3n) is 7.30. The molecule has 14 heteroatoms. The average Bonchev–Trinajstić information content (AvgIpc) is 3.41. The smallest absolute Gasteiger partial charge is 0.475 e. The highest BCUT2D eigenvalue weighted by molar-refractivity contribution is 6.06. The molecule has 1 fully saturated rings. The first-order chi connectivity index (χ1) is 22.2. The predicted molar refractivity (Wildman–Crippen MR) is 172 cm³/mol. The molecule has 0 saturated carbocycles. The number of alkyl halides is 3. The van der Waals surface area contributed by atoms with Crippen molar-refractivity contribution in [2.75, 3.05) is 43.4 Å². The van der Waals surface area contributed by atoms with Crippen molar-refractivity contribution >= 4 is 40.4 Å². The number of hydrogen-bond donors (Lipinski definition) is 3. The van der Waals surface area contributed by atoms with Crippen LogP contribution < -0.4 is 10.2 Å². The van der Waals surface area contributed by atoms with E-state index in [0.29, 0.717) is 16.9 Å². The number of likely N-dealkylation sites (N-methyl/N-ethyl adjacent to an activating group) is 1. The van der Waals surface area contributed by atoms with Gasteiger partial charge in [-0.05, 0) is 69.3 Å². The maximum atomic E-state index is 12.8. The number of carboxylic acids is 1. The van der Waals surface area contributed by atoms with Gasteiger partial charge in [0.15, 0.2) is 0 Å². The lowest BCUT2D eigenvalue weighted by atomic mass is 9.97. The SMILES string of the molecule is C=CC(=O)Nc1cc(-c2c(-c3ccnc(N4CCN(C)CC4)c3)[nH]c3ncc(C(=O)OC(C)C)cc23)ccc1C.O=C(O)C(F)(F)F. The monoisotopic (exact) mass is 652 g/mol. The molecule has 248 valence electrons.